The molecule has 0 radical (unpaired) electrons. The third-order valence-electron chi connectivity index (χ3n) is 4.03. The molecule has 3 aromatic rings. The number of aromatic amines is 1. The van der Waals surface area contributed by atoms with Crippen LogP contribution in [0.25, 0.3) is 22.6 Å². The molecular formula is C16H16N4O3. The minimum Gasteiger partial charge on any atom is -0.508 e. The van der Waals surface area contributed by atoms with Gasteiger partial charge in [-0.25, -0.2) is 19.3 Å². The van der Waals surface area contributed by atoms with E-state index in [2.05, 4.69) is 15.0 Å². The topological polar surface area (TPSA) is 93.0 Å². The van der Waals surface area contributed by atoms with Crippen molar-refractivity contribution in [2.24, 2.45) is 0 Å². The van der Waals surface area contributed by atoms with Gasteiger partial charge in [-0.2, -0.15) is 0 Å². The van der Waals surface area contributed by atoms with Gasteiger partial charge in [0.25, 0.3) is 0 Å². The minimum atomic E-state index is -0.297. The first-order chi connectivity index (χ1) is 11.2. The summed E-state index contributed by atoms with van der Waals surface area (Å²) in [5, 5.41) is 9.39. The van der Waals surface area contributed by atoms with Gasteiger partial charge in [-0.05, 0) is 43.5 Å². The fraction of sp³-hybridized carbons (Fsp3) is 0.312. The molecule has 0 spiro atoms. The average molecular weight is 312 g/mol. The Morgan fingerprint density at radius 3 is 2.83 bits per heavy atom. The zero-order valence-corrected chi connectivity index (χ0v) is 12.4. The highest BCUT2D eigenvalue weighted by Crippen LogP contribution is 2.25. The highest BCUT2D eigenvalue weighted by Gasteiger charge is 2.22. The van der Waals surface area contributed by atoms with Gasteiger partial charge in [0.2, 0.25) is 0 Å². The molecule has 3 heterocycles. The summed E-state index contributed by atoms with van der Waals surface area (Å²) in [5.41, 5.74) is 2.15. The summed E-state index contributed by atoms with van der Waals surface area (Å²) in [6, 6.07) is 6.71. The molecule has 7 nitrogen and oxygen atoms in total. The van der Waals surface area contributed by atoms with E-state index in [0.29, 0.717) is 23.6 Å². The smallest absolute Gasteiger partial charge is 0.331 e. The molecule has 0 bridgehead atoms. The number of nitrogens with zero attached hydrogens (tertiary/aromatic N) is 3. The predicted octanol–water partition coefficient (Wildman–Crippen LogP) is 2.19. The number of aromatic hydroxyl groups is 1. The quantitative estimate of drug-likeness (QED) is 0.756. The van der Waals surface area contributed by atoms with Gasteiger partial charge < -0.3 is 9.84 Å². The van der Waals surface area contributed by atoms with Crippen molar-refractivity contribution in [2.45, 2.75) is 25.5 Å². The summed E-state index contributed by atoms with van der Waals surface area (Å²) in [6.45, 7) is 0.648. The number of phenolic OH excluding ortho intramolecular Hbond substituents is 1. The molecular weight excluding hydrogens is 296 g/mol. The first-order valence-electron chi connectivity index (χ1n) is 7.60. The molecule has 1 aromatic carbocycles. The van der Waals surface area contributed by atoms with E-state index in [-0.39, 0.29) is 17.7 Å². The van der Waals surface area contributed by atoms with E-state index in [1.807, 2.05) is 0 Å². The van der Waals surface area contributed by atoms with Crippen LogP contribution in [0.15, 0.2) is 35.3 Å². The maximum Gasteiger partial charge on any atom is 0.331 e. The molecule has 0 amide bonds. The fourth-order valence-corrected chi connectivity index (χ4v) is 2.86. The van der Waals surface area contributed by atoms with Crippen molar-refractivity contribution in [1.82, 2.24) is 19.5 Å². The zero-order chi connectivity index (χ0) is 15.8. The molecule has 7 heteroatoms. The van der Waals surface area contributed by atoms with Crippen molar-refractivity contribution in [3.8, 4) is 17.0 Å². The van der Waals surface area contributed by atoms with E-state index in [9.17, 15) is 9.90 Å². The van der Waals surface area contributed by atoms with Gasteiger partial charge in [0, 0.05) is 12.2 Å². The Kier molecular flexibility index (Phi) is 3.34. The Balaban J connectivity index is 1.83. The van der Waals surface area contributed by atoms with Gasteiger partial charge >= 0.3 is 5.69 Å². The van der Waals surface area contributed by atoms with E-state index in [4.69, 9.17) is 4.74 Å². The molecule has 0 saturated carbocycles. The Labute approximate surface area is 131 Å². The lowest BCUT2D eigenvalue weighted by molar-refractivity contribution is -0.0316. The summed E-state index contributed by atoms with van der Waals surface area (Å²) in [5.74, 6) is 0.192. The number of aromatic nitrogens is 4. The predicted molar refractivity (Wildman–Crippen MR) is 84.1 cm³/mol. The number of hydrogen-bond donors (Lipinski definition) is 2. The number of rotatable bonds is 2. The Morgan fingerprint density at radius 1 is 1.26 bits per heavy atom. The van der Waals surface area contributed by atoms with Crippen LogP contribution in [-0.4, -0.2) is 31.2 Å². The van der Waals surface area contributed by atoms with Crippen molar-refractivity contribution in [1.29, 1.82) is 0 Å². The molecule has 1 fully saturated rings. The van der Waals surface area contributed by atoms with Gasteiger partial charge in [0.05, 0.1) is 11.9 Å². The molecule has 0 aliphatic carbocycles. The number of nitrogens with one attached hydrogen (secondary N) is 1. The molecule has 2 N–H and O–H groups in total. The van der Waals surface area contributed by atoms with Gasteiger partial charge in [-0.3, -0.25) is 4.98 Å². The Bertz CT molecular complexity index is 892. The average Bonchev–Trinajstić information content (AvgIpc) is 2.91. The van der Waals surface area contributed by atoms with Gasteiger partial charge in [0.1, 0.15) is 12.0 Å². The van der Waals surface area contributed by atoms with Gasteiger partial charge in [0.15, 0.2) is 11.3 Å². The summed E-state index contributed by atoms with van der Waals surface area (Å²) < 4.78 is 7.26. The summed E-state index contributed by atoms with van der Waals surface area (Å²) in [7, 11) is 0. The van der Waals surface area contributed by atoms with E-state index < -0.39 is 0 Å². The van der Waals surface area contributed by atoms with Crippen molar-refractivity contribution >= 4 is 11.3 Å². The summed E-state index contributed by atoms with van der Waals surface area (Å²) in [6.07, 6.45) is 4.14. The van der Waals surface area contributed by atoms with Crippen LogP contribution in [-0.2, 0) is 4.74 Å². The lowest BCUT2D eigenvalue weighted by atomic mass is 10.1. The molecule has 1 unspecified atom stereocenters. The molecule has 118 valence electrons. The third kappa shape index (κ3) is 2.49. The first-order valence-corrected chi connectivity index (χ1v) is 7.60. The van der Waals surface area contributed by atoms with Gasteiger partial charge in [-0.1, -0.05) is 0 Å². The second-order valence-corrected chi connectivity index (χ2v) is 5.60. The van der Waals surface area contributed by atoms with Crippen LogP contribution in [0.2, 0.25) is 0 Å². The highest BCUT2D eigenvalue weighted by molar-refractivity contribution is 5.71. The first kappa shape index (κ1) is 14.0. The molecule has 1 atom stereocenters. The van der Waals surface area contributed by atoms with Crippen molar-refractivity contribution < 1.29 is 9.84 Å². The van der Waals surface area contributed by atoms with Crippen LogP contribution in [0.5, 0.6) is 5.75 Å². The number of fused-ring (bicyclic) bond motifs is 1. The molecule has 23 heavy (non-hydrogen) atoms. The number of phenols is 1. The molecule has 4 rings (SSSR count). The lowest BCUT2D eigenvalue weighted by Crippen LogP contribution is -2.27. The van der Waals surface area contributed by atoms with E-state index in [1.165, 1.54) is 0 Å². The number of H-pyrrole nitrogens is 1. The van der Waals surface area contributed by atoms with Crippen molar-refractivity contribution in [2.75, 3.05) is 6.61 Å². The van der Waals surface area contributed by atoms with Crippen LogP contribution < -0.4 is 5.69 Å². The lowest BCUT2D eigenvalue weighted by Gasteiger charge is -2.23. The zero-order valence-electron chi connectivity index (χ0n) is 12.4. The molecule has 1 aliphatic rings. The van der Waals surface area contributed by atoms with Crippen LogP contribution in [0.3, 0.4) is 0 Å². The van der Waals surface area contributed by atoms with Crippen LogP contribution in [0.4, 0.5) is 0 Å². The minimum absolute atomic E-state index is 0.192. The maximum absolute atomic E-state index is 12.2. The van der Waals surface area contributed by atoms with Crippen molar-refractivity contribution in [3.05, 3.63) is 40.9 Å². The number of ether oxygens (including phenoxy) is 1. The largest absolute Gasteiger partial charge is 0.508 e. The van der Waals surface area contributed by atoms with Gasteiger partial charge in [-0.15, -0.1) is 0 Å². The second kappa shape index (κ2) is 5.51. The summed E-state index contributed by atoms with van der Waals surface area (Å²) >= 11 is 0. The second-order valence-electron chi connectivity index (χ2n) is 5.60. The summed E-state index contributed by atoms with van der Waals surface area (Å²) in [4.78, 5) is 23.8. The van der Waals surface area contributed by atoms with Crippen LogP contribution >= 0.6 is 0 Å². The highest BCUT2D eigenvalue weighted by atomic mass is 16.5. The Hall–Kier alpha value is -2.67. The monoisotopic (exact) mass is 312 g/mol. The fourth-order valence-electron chi connectivity index (χ4n) is 2.86. The molecule has 2 aromatic heterocycles. The van der Waals surface area contributed by atoms with E-state index in [0.717, 1.165) is 24.8 Å². The maximum atomic E-state index is 12.2. The van der Waals surface area contributed by atoms with E-state index >= 15 is 0 Å². The SMILES string of the molecule is O=c1[nH]c2ncc(-c3ccc(O)cc3)nc2n1C1CCCCO1. The molecule has 1 saturated heterocycles. The third-order valence-corrected chi connectivity index (χ3v) is 4.03. The Morgan fingerprint density at radius 2 is 2.09 bits per heavy atom. The number of benzene rings is 1. The van der Waals surface area contributed by atoms with Crippen LogP contribution in [0, 0.1) is 0 Å². The van der Waals surface area contributed by atoms with Crippen molar-refractivity contribution in [3.63, 3.8) is 0 Å². The standard InChI is InChI=1S/C16H16N4O3/c21-11-6-4-10(5-7-11)12-9-17-14-15(18-12)20(16(22)19-14)13-3-1-2-8-23-13/h4-7,9,13,21H,1-3,8H2,(H,17,19,22). The van der Waals surface area contributed by atoms with E-state index in [1.54, 1.807) is 35.0 Å². The number of imidazole rings is 1. The normalized spacial score (nSPS) is 18.3. The molecule has 1 aliphatic heterocycles. The van der Waals surface area contributed by atoms with Crippen LogP contribution in [0.1, 0.15) is 25.5 Å². The number of hydrogen-bond acceptors (Lipinski definition) is 5.